The molecule has 0 bridgehead atoms. The van der Waals surface area contributed by atoms with E-state index < -0.39 is 0 Å². The number of hydrogen-bond acceptors (Lipinski definition) is 5. The minimum Gasteiger partial charge on any atom is -0.348 e. The number of benzene rings is 1. The first-order valence-electron chi connectivity index (χ1n) is 7.52. The molecule has 0 saturated carbocycles. The molecule has 0 radical (unpaired) electrons. The Morgan fingerprint density at radius 3 is 2.79 bits per heavy atom. The van der Waals surface area contributed by atoms with E-state index in [0.717, 1.165) is 27.1 Å². The molecule has 0 aliphatic heterocycles. The predicted octanol–water partition coefficient (Wildman–Crippen LogP) is 3.22. The van der Waals surface area contributed by atoms with Crippen LogP contribution in [-0.4, -0.2) is 26.9 Å². The summed E-state index contributed by atoms with van der Waals surface area (Å²) in [7, 11) is 0. The van der Waals surface area contributed by atoms with E-state index in [0.29, 0.717) is 13.0 Å². The fourth-order valence-corrected chi connectivity index (χ4v) is 3.63. The van der Waals surface area contributed by atoms with Crippen LogP contribution in [0.4, 0.5) is 0 Å². The van der Waals surface area contributed by atoms with Crippen LogP contribution in [0.5, 0.6) is 0 Å². The summed E-state index contributed by atoms with van der Waals surface area (Å²) in [4.78, 5) is 13.2. The molecule has 7 heteroatoms. The van der Waals surface area contributed by atoms with Gasteiger partial charge in [0.05, 0.1) is 18.7 Å². The van der Waals surface area contributed by atoms with Gasteiger partial charge in [-0.2, -0.15) is 0 Å². The first kappa shape index (κ1) is 16.7. The molecule has 0 aliphatic carbocycles. The highest BCUT2D eigenvalue weighted by Gasteiger charge is 2.15. The fraction of sp³-hybridized carbons (Fsp3) is 0.235. The number of nitrogens with zero attached hydrogens (tertiary/aromatic N) is 3. The lowest BCUT2D eigenvalue weighted by molar-refractivity contribution is -0.120. The third kappa shape index (κ3) is 3.68. The Balaban J connectivity index is 1.78. The maximum atomic E-state index is 12.1. The molecule has 3 rings (SSSR count). The largest absolute Gasteiger partial charge is 0.348 e. The summed E-state index contributed by atoms with van der Waals surface area (Å²) in [6.07, 6.45) is 2.36. The summed E-state index contributed by atoms with van der Waals surface area (Å²) in [5, 5.41) is 14.2. The van der Waals surface area contributed by atoms with Gasteiger partial charge < -0.3 is 5.32 Å². The predicted molar refractivity (Wildman–Crippen MR) is 97.7 cm³/mol. The quantitative estimate of drug-likeness (QED) is 0.688. The molecule has 0 atom stereocenters. The molecule has 2 heterocycles. The van der Waals surface area contributed by atoms with Crippen LogP contribution < -0.4 is 5.32 Å². The summed E-state index contributed by atoms with van der Waals surface area (Å²) in [5.74, 6) is 0.718. The van der Waals surface area contributed by atoms with E-state index in [1.165, 1.54) is 11.8 Å². The van der Waals surface area contributed by atoms with Crippen molar-refractivity contribution in [2.45, 2.75) is 25.0 Å². The van der Waals surface area contributed by atoms with Crippen LogP contribution in [0.25, 0.3) is 5.69 Å². The highest BCUT2D eigenvalue weighted by atomic mass is 32.2. The van der Waals surface area contributed by atoms with Gasteiger partial charge in [0.2, 0.25) is 5.91 Å². The molecule has 0 unspecified atom stereocenters. The van der Waals surface area contributed by atoms with Gasteiger partial charge in [-0.1, -0.05) is 36.0 Å². The number of aryl methyl sites for hydroxylation is 1. The Labute approximate surface area is 149 Å². The lowest BCUT2D eigenvalue weighted by Crippen LogP contribution is -2.26. The van der Waals surface area contributed by atoms with E-state index in [9.17, 15) is 4.79 Å². The number of hydrogen-bond donors (Lipinski definition) is 1. The average molecular weight is 358 g/mol. The minimum atomic E-state index is -0.0116. The van der Waals surface area contributed by atoms with Gasteiger partial charge in [-0.25, -0.2) is 0 Å². The van der Waals surface area contributed by atoms with E-state index in [1.54, 1.807) is 11.3 Å². The summed E-state index contributed by atoms with van der Waals surface area (Å²) in [6.45, 7) is 2.41. The standard InChI is InChI=1S/C17H18N4OS2/c1-12-6-3-4-8-14(12)21-15(19-20-17(21)23-2)11-18-16(22)10-13-7-5-9-24-13/h3-9H,10-11H2,1-2H3,(H,18,22). The number of thioether (sulfide) groups is 1. The molecule has 0 saturated heterocycles. The van der Waals surface area contributed by atoms with Crippen molar-refractivity contribution in [3.8, 4) is 5.69 Å². The van der Waals surface area contributed by atoms with E-state index in [1.807, 2.05) is 46.5 Å². The highest BCUT2D eigenvalue weighted by molar-refractivity contribution is 7.98. The molecule has 5 nitrogen and oxygen atoms in total. The van der Waals surface area contributed by atoms with Crippen LogP contribution in [0.1, 0.15) is 16.3 Å². The van der Waals surface area contributed by atoms with E-state index in [4.69, 9.17) is 0 Å². The van der Waals surface area contributed by atoms with Gasteiger partial charge in [0.15, 0.2) is 11.0 Å². The van der Waals surface area contributed by atoms with Crippen molar-refractivity contribution in [1.29, 1.82) is 0 Å². The number of aromatic nitrogens is 3. The first-order valence-corrected chi connectivity index (χ1v) is 9.63. The number of rotatable bonds is 6. The van der Waals surface area contributed by atoms with Crippen molar-refractivity contribution in [3.05, 3.63) is 58.0 Å². The van der Waals surface area contributed by atoms with Gasteiger partial charge in [-0.15, -0.1) is 21.5 Å². The maximum absolute atomic E-state index is 12.1. The van der Waals surface area contributed by atoms with Gasteiger partial charge in [-0.3, -0.25) is 9.36 Å². The van der Waals surface area contributed by atoms with E-state index in [2.05, 4.69) is 28.5 Å². The van der Waals surface area contributed by atoms with Crippen molar-refractivity contribution in [3.63, 3.8) is 0 Å². The van der Waals surface area contributed by atoms with Crippen LogP contribution in [0.3, 0.4) is 0 Å². The Kier molecular flexibility index (Phi) is 5.32. The SMILES string of the molecule is CSc1nnc(CNC(=O)Cc2cccs2)n1-c1ccccc1C. The summed E-state index contributed by atoms with van der Waals surface area (Å²) >= 11 is 3.12. The van der Waals surface area contributed by atoms with Crippen molar-refractivity contribution >= 4 is 29.0 Å². The molecule has 124 valence electrons. The minimum absolute atomic E-state index is 0.0116. The summed E-state index contributed by atoms with van der Waals surface area (Å²) in [6, 6.07) is 12.0. The monoisotopic (exact) mass is 358 g/mol. The maximum Gasteiger partial charge on any atom is 0.225 e. The van der Waals surface area contributed by atoms with Crippen molar-refractivity contribution in [1.82, 2.24) is 20.1 Å². The number of thiophene rings is 1. The second-order valence-corrected chi connectivity index (χ2v) is 7.06. The van der Waals surface area contributed by atoms with E-state index in [-0.39, 0.29) is 5.91 Å². The molecule has 2 aromatic heterocycles. The van der Waals surface area contributed by atoms with Gasteiger partial charge >= 0.3 is 0 Å². The van der Waals surface area contributed by atoms with Crippen molar-refractivity contribution in [2.24, 2.45) is 0 Å². The fourth-order valence-electron chi connectivity index (χ4n) is 2.41. The first-order chi connectivity index (χ1) is 11.7. The number of carbonyl (C=O) groups excluding carboxylic acids is 1. The average Bonchev–Trinajstić information content (AvgIpc) is 3.22. The Morgan fingerprint density at radius 1 is 1.25 bits per heavy atom. The van der Waals surface area contributed by atoms with Gasteiger partial charge in [0.25, 0.3) is 0 Å². The molecular formula is C17H18N4OS2. The molecule has 1 N–H and O–H groups in total. The molecule has 3 aromatic rings. The number of nitrogens with one attached hydrogen (secondary N) is 1. The van der Waals surface area contributed by atoms with Crippen LogP contribution in [0.2, 0.25) is 0 Å². The smallest absolute Gasteiger partial charge is 0.225 e. The zero-order valence-electron chi connectivity index (χ0n) is 13.5. The lowest BCUT2D eigenvalue weighted by Gasteiger charge is -2.12. The zero-order chi connectivity index (χ0) is 16.9. The second-order valence-electron chi connectivity index (χ2n) is 5.26. The molecule has 0 aliphatic rings. The van der Waals surface area contributed by atoms with Crippen LogP contribution in [-0.2, 0) is 17.8 Å². The molecule has 1 amide bonds. The van der Waals surface area contributed by atoms with Crippen LogP contribution in [0.15, 0.2) is 46.9 Å². The van der Waals surface area contributed by atoms with Crippen LogP contribution >= 0.6 is 23.1 Å². The van der Waals surface area contributed by atoms with Crippen molar-refractivity contribution < 1.29 is 4.79 Å². The molecule has 0 fully saturated rings. The van der Waals surface area contributed by atoms with Gasteiger partial charge in [0, 0.05) is 4.88 Å². The lowest BCUT2D eigenvalue weighted by atomic mass is 10.2. The number of para-hydroxylation sites is 1. The van der Waals surface area contributed by atoms with Gasteiger partial charge in [0.1, 0.15) is 0 Å². The zero-order valence-corrected chi connectivity index (χ0v) is 15.2. The summed E-state index contributed by atoms with van der Waals surface area (Å²) < 4.78 is 2.01. The third-order valence-corrected chi connectivity index (χ3v) is 5.10. The third-order valence-electron chi connectivity index (χ3n) is 3.60. The second kappa shape index (κ2) is 7.63. The van der Waals surface area contributed by atoms with Gasteiger partial charge in [-0.05, 0) is 36.3 Å². The van der Waals surface area contributed by atoms with Crippen LogP contribution in [0, 0.1) is 6.92 Å². The number of amides is 1. The molecule has 1 aromatic carbocycles. The Bertz CT molecular complexity index is 827. The Morgan fingerprint density at radius 2 is 2.08 bits per heavy atom. The highest BCUT2D eigenvalue weighted by Crippen LogP contribution is 2.22. The van der Waals surface area contributed by atoms with E-state index >= 15 is 0 Å². The normalized spacial score (nSPS) is 10.8. The molecule has 0 spiro atoms. The molecule has 24 heavy (non-hydrogen) atoms. The number of carbonyl (C=O) groups is 1. The van der Waals surface area contributed by atoms with Crippen molar-refractivity contribution in [2.75, 3.05) is 6.26 Å². The molecular weight excluding hydrogens is 340 g/mol. The Hall–Kier alpha value is -2.12. The topological polar surface area (TPSA) is 59.8 Å². The summed E-state index contributed by atoms with van der Waals surface area (Å²) in [5.41, 5.74) is 2.17.